The minimum Gasteiger partial charge on any atom is -0.492 e. The van der Waals surface area contributed by atoms with Gasteiger partial charge in [-0.25, -0.2) is 0 Å². The van der Waals surface area contributed by atoms with Crippen LogP contribution in [-0.4, -0.2) is 37.0 Å². The molecule has 40 heavy (non-hydrogen) atoms. The monoisotopic (exact) mass is 541 g/mol. The largest absolute Gasteiger partial charge is 0.492 e. The van der Waals surface area contributed by atoms with Gasteiger partial charge in [-0.2, -0.15) is 5.26 Å². The Morgan fingerprint density at radius 1 is 1.07 bits per heavy atom. The molecular weight excluding hydrogens is 506 g/mol. The van der Waals surface area contributed by atoms with E-state index in [9.17, 15) is 15.2 Å². The van der Waals surface area contributed by atoms with Crippen LogP contribution in [0, 0.1) is 25.2 Å². The maximum Gasteiger partial charge on any atom is 0.306 e. The molecule has 7 nitrogen and oxygen atoms in total. The first-order valence-electron chi connectivity index (χ1n) is 13.6. The lowest BCUT2D eigenvalue weighted by atomic mass is 9.87. The molecule has 3 aromatic carbocycles. The number of esters is 1. The number of carbonyl (C=O) groups is 1. The van der Waals surface area contributed by atoms with Gasteiger partial charge in [0.15, 0.2) is 0 Å². The zero-order valence-electron chi connectivity index (χ0n) is 23.7. The summed E-state index contributed by atoms with van der Waals surface area (Å²) in [5, 5.41) is 20.1. The van der Waals surface area contributed by atoms with Gasteiger partial charge in [-0.1, -0.05) is 12.1 Å². The molecule has 7 heteroatoms. The molecular formula is C33H35NO6. The number of ether oxygens (including phenoxy) is 4. The molecule has 0 saturated heterocycles. The Balaban J connectivity index is 1.42. The molecule has 1 N–H and O–H groups in total. The number of aliphatic hydroxyl groups is 1. The van der Waals surface area contributed by atoms with E-state index >= 15 is 0 Å². The van der Waals surface area contributed by atoms with Crippen molar-refractivity contribution in [2.45, 2.75) is 64.6 Å². The first-order valence-corrected chi connectivity index (χ1v) is 13.6. The van der Waals surface area contributed by atoms with E-state index in [0.717, 1.165) is 57.5 Å². The van der Waals surface area contributed by atoms with Crippen molar-refractivity contribution in [1.29, 1.82) is 5.26 Å². The van der Waals surface area contributed by atoms with Crippen LogP contribution in [0.25, 0.3) is 11.1 Å². The molecule has 5 rings (SSSR count). The number of methoxy groups -OCH3 is 1. The van der Waals surface area contributed by atoms with Crippen molar-refractivity contribution in [3.05, 3.63) is 75.8 Å². The summed E-state index contributed by atoms with van der Waals surface area (Å²) in [4.78, 5) is 11.8. The summed E-state index contributed by atoms with van der Waals surface area (Å²) in [5.41, 5.74) is 6.93. The van der Waals surface area contributed by atoms with E-state index in [-0.39, 0.29) is 31.0 Å². The van der Waals surface area contributed by atoms with Crippen molar-refractivity contribution in [3.63, 3.8) is 0 Å². The summed E-state index contributed by atoms with van der Waals surface area (Å²) in [5.74, 6) is 1.87. The van der Waals surface area contributed by atoms with E-state index in [1.54, 1.807) is 13.8 Å². The van der Waals surface area contributed by atoms with Gasteiger partial charge >= 0.3 is 5.97 Å². The molecule has 1 unspecified atom stereocenters. The van der Waals surface area contributed by atoms with Crippen LogP contribution in [0.2, 0.25) is 0 Å². The number of hydrogen-bond acceptors (Lipinski definition) is 7. The molecule has 0 radical (unpaired) electrons. The maximum absolute atomic E-state index is 11.8. The number of nitrogens with zero attached hydrogens (tertiary/aromatic N) is 1. The Kier molecular flexibility index (Phi) is 7.48. The molecule has 2 atom stereocenters. The Morgan fingerprint density at radius 3 is 2.48 bits per heavy atom. The summed E-state index contributed by atoms with van der Waals surface area (Å²) in [6, 6.07) is 16.0. The van der Waals surface area contributed by atoms with E-state index < -0.39 is 5.60 Å². The summed E-state index contributed by atoms with van der Waals surface area (Å²) in [7, 11) is 1.40. The normalized spacial score (nSPS) is 17.4. The molecule has 3 aromatic rings. The Labute approximate surface area is 235 Å². The van der Waals surface area contributed by atoms with Crippen LogP contribution in [-0.2, 0) is 16.0 Å². The van der Waals surface area contributed by atoms with Crippen LogP contribution < -0.4 is 14.2 Å². The molecule has 0 saturated carbocycles. The fraction of sp³-hybridized carbons (Fsp3) is 0.394. The second-order valence-electron chi connectivity index (χ2n) is 11.3. The van der Waals surface area contributed by atoms with E-state index in [1.807, 2.05) is 56.3 Å². The van der Waals surface area contributed by atoms with Gasteiger partial charge in [-0.3, -0.25) is 4.79 Å². The summed E-state index contributed by atoms with van der Waals surface area (Å²) in [6.07, 6.45) is 1.73. The second-order valence-corrected chi connectivity index (χ2v) is 11.3. The summed E-state index contributed by atoms with van der Waals surface area (Å²) in [6.45, 7) is 8.11. The Bertz CT molecular complexity index is 1470. The zero-order valence-corrected chi connectivity index (χ0v) is 23.7. The summed E-state index contributed by atoms with van der Waals surface area (Å²) < 4.78 is 23.0. The molecule has 1 aliphatic heterocycles. The van der Waals surface area contributed by atoms with Gasteiger partial charge in [0.1, 0.15) is 30.0 Å². The lowest BCUT2D eigenvalue weighted by Gasteiger charge is -2.21. The fourth-order valence-electron chi connectivity index (χ4n) is 5.78. The predicted molar refractivity (Wildman–Crippen MR) is 151 cm³/mol. The molecule has 208 valence electrons. The van der Waals surface area contributed by atoms with Crippen molar-refractivity contribution < 1.29 is 28.8 Å². The Morgan fingerprint density at radius 2 is 1.80 bits per heavy atom. The number of carbonyl (C=O) groups excluding carboxylic acids is 1. The average molecular weight is 542 g/mol. The lowest BCUT2D eigenvalue weighted by Crippen LogP contribution is -2.27. The molecule has 1 aliphatic carbocycles. The number of benzene rings is 3. The highest BCUT2D eigenvalue weighted by molar-refractivity contribution is 5.81. The second kappa shape index (κ2) is 10.9. The average Bonchev–Trinajstić information content (AvgIpc) is 3.50. The van der Waals surface area contributed by atoms with Crippen molar-refractivity contribution in [2.24, 2.45) is 0 Å². The quantitative estimate of drug-likeness (QED) is 0.344. The number of hydrogen-bond donors (Lipinski definition) is 1. The highest BCUT2D eigenvalue weighted by atomic mass is 16.5. The highest BCUT2D eigenvalue weighted by Crippen LogP contribution is 2.45. The van der Waals surface area contributed by atoms with E-state index in [0.29, 0.717) is 23.7 Å². The topological polar surface area (TPSA) is 98.0 Å². The van der Waals surface area contributed by atoms with Gasteiger partial charge in [0.05, 0.1) is 37.4 Å². The van der Waals surface area contributed by atoms with E-state index in [2.05, 4.69) is 6.07 Å². The van der Waals surface area contributed by atoms with Crippen LogP contribution >= 0.6 is 0 Å². The van der Waals surface area contributed by atoms with Gasteiger partial charge in [0.25, 0.3) is 0 Å². The predicted octanol–water partition coefficient (Wildman–Crippen LogP) is 6.10. The van der Waals surface area contributed by atoms with Crippen LogP contribution in [0.5, 0.6) is 17.2 Å². The van der Waals surface area contributed by atoms with Crippen molar-refractivity contribution in [3.8, 4) is 34.4 Å². The highest BCUT2D eigenvalue weighted by Gasteiger charge is 2.31. The maximum atomic E-state index is 11.8. The number of rotatable bonds is 8. The number of aryl methyl sites for hydroxylation is 2. The minimum absolute atomic E-state index is 0.0194. The van der Waals surface area contributed by atoms with Gasteiger partial charge in [0, 0.05) is 23.1 Å². The molecule has 0 aromatic heterocycles. The van der Waals surface area contributed by atoms with E-state index in [1.165, 1.54) is 7.11 Å². The molecule has 0 bridgehead atoms. The molecule has 2 aliphatic rings. The van der Waals surface area contributed by atoms with Crippen LogP contribution in [0.15, 0.2) is 42.5 Å². The van der Waals surface area contributed by atoms with Crippen molar-refractivity contribution in [1.82, 2.24) is 0 Å². The molecule has 0 spiro atoms. The first-order chi connectivity index (χ1) is 19.1. The van der Waals surface area contributed by atoms with Crippen LogP contribution in [0.3, 0.4) is 0 Å². The zero-order chi connectivity index (χ0) is 28.6. The summed E-state index contributed by atoms with van der Waals surface area (Å²) >= 11 is 0. The van der Waals surface area contributed by atoms with Gasteiger partial charge in [0.2, 0.25) is 0 Å². The molecule has 1 heterocycles. The van der Waals surface area contributed by atoms with E-state index in [4.69, 9.17) is 18.9 Å². The van der Waals surface area contributed by atoms with Gasteiger partial charge in [-0.05, 0) is 92.6 Å². The first kappa shape index (κ1) is 27.5. The lowest BCUT2D eigenvalue weighted by molar-refractivity contribution is -0.141. The van der Waals surface area contributed by atoms with Crippen molar-refractivity contribution in [2.75, 3.05) is 20.3 Å². The van der Waals surface area contributed by atoms with Gasteiger partial charge in [-0.15, -0.1) is 0 Å². The molecule has 0 amide bonds. The van der Waals surface area contributed by atoms with Gasteiger partial charge < -0.3 is 24.1 Å². The van der Waals surface area contributed by atoms with Crippen molar-refractivity contribution >= 4 is 5.97 Å². The standard InChI is InChI=1S/C33H35NO6/c1-19-12-24(39-18-33(3,4)36)13-20(2)31(19)32-21(16-34)6-8-26-27(32)10-11-28(26)40-23-7-9-25-22(14-30(35)37-5)17-38-29(25)15-23/h6-9,12-13,15,22,28,36H,10-11,14,17-18H2,1-5H3/t22?,28-/m1/s1. The smallest absolute Gasteiger partial charge is 0.306 e. The third-order valence-electron chi connectivity index (χ3n) is 7.61. The third kappa shape index (κ3) is 5.50. The fourth-order valence-corrected chi connectivity index (χ4v) is 5.78. The third-order valence-corrected chi connectivity index (χ3v) is 7.61. The number of nitriles is 1. The molecule has 0 fully saturated rings. The SMILES string of the molecule is COC(=O)CC1COc2cc(O[C@@H]3CCc4c3ccc(C#N)c4-c3c(C)cc(OCC(C)(C)O)cc3C)ccc21. The van der Waals surface area contributed by atoms with Crippen LogP contribution in [0.4, 0.5) is 0 Å². The number of fused-ring (bicyclic) bond motifs is 2. The van der Waals surface area contributed by atoms with Crippen LogP contribution in [0.1, 0.15) is 72.1 Å². The minimum atomic E-state index is -0.931. The Hall–Kier alpha value is -4.02.